The van der Waals surface area contributed by atoms with E-state index < -0.39 is 11.7 Å². The molecule has 3 aliphatic heterocycles. The maximum Gasteiger partial charge on any atom is 0.416 e. The first-order chi connectivity index (χ1) is 16.4. The normalized spacial score (nSPS) is 19.9. The Bertz CT molecular complexity index is 1120. The van der Waals surface area contributed by atoms with Crippen LogP contribution < -0.4 is 5.32 Å². The van der Waals surface area contributed by atoms with Gasteiger partial charge in [0, 0.05) is 22.9 Å². The van der Waals surface area contributed by atoms with Crippen molar-refractivity contribution in [3.8, 4) is 0 Å². The van der Waals surface area contributed by atoms with E-state index in [4.69, 9.17) is 0 Å². The van der Waals surface area contributed by atoms with Gasteiger partial charge in [0.25, 0.3) is 0 Å². The first-order valence-corrected chi connectivity index (χ1v) is 13.6. The van der Waals surface area contributed by atoms with Crippen molar-refractivity contribution < 1.29 is 13.2 Å². The number of benzene rings is 2. The second-order valence-electron chi connectivity index (χ2n) is 9.69. The molecule has 1 fully saturated rings. The zero-order chi connectivity index (χ0) is 23.7. The minimum Gasteiger partial charge on any atom is -0.317 e. The Balaban J connectivity index is 1.25. The van der Waals surface area contributed by atoms with Crippen molar-refractivity contribution in [2.75, 3.05) is 38.6 Å². The lowest BCUT2D eigenvalue weighted by Gasteiger charge is -2.31. The van der Waals surface area contributed by atoms with Gasteiger partial charge < -0.3 is 5.32 Å². The van der Waals surface area contributed by atoms with Gasteiger partial charge in [-0.1, -0.05) is 24.3 Å². The molecule has 3 heterocycles. The van der Waals surface area contributed by atoms with E-state index in [1.54, 1.807) is 6.07 Å². The third-order valence-corrected chi connectivity index (χ3v) is 9.26. The zero-order valence-electron chi connectivity index (χ0n) is 19.6. The fourth-order valence-corrected chi connectivity index (χ4v) is 7.00. The van der Waals surface area contributed by atoms with Crippen molar-refractivity contribution in [3.05, 3.63) is 64.2 Å². The number of alkyl halides is 3. The molecule has 182 valence electrons. The van der Waals surface area contributed by atoms with Crippen LogP contribution in [0.25, 0.3) is 0 Å². The Labute approximate surface area is 202 Å². The molecular formula is C27H32F3N3S. The Morgan fingerprint density at radius 1 is 1.09 bits per heavy atom. The van der Waals surface area contributed by atoms with Gasteiger partial charge in [0.15, 0.2) is 0 Å². The van der Waals surface area contributed by atoms with Crippen LogP contribution in [0.3, 0.4) is 0 Å². The number of nitrogens with one attached hydrogen (secondary N) is 1. The molecule has 0 amide bonds. The Morgan fingerprint density at radius 2 is 1.88 bits per heavy atom. The molecule has 0 aromatic heterocycles. The summed E-state index contributed by atoms with van der Waals surface area (Å²) in [6.45, 7) is 7.12. The van der Waals surface area contributed by atoms with Crippen LogP contribution in [0.15, 0.2) is 46.3 Å². The molecule has 34 heavy (non-hydrogen) atoms. The first-order valence-electron chi connectivity index (χ1n) is 12.2. The third-order valence-electron chi connectivity index (χ3n) is 7.16. The highest BCUT2D eigenvalue weighted by atomic mass is 32.2. The lowest BCUT2D eigenvalue weighted by molar-refractivity contribution is -0.137. The molecule has 3 nitrogen and oxygen atoms in total. The van der Waals surface area contributed by atoms with E-state index in [-0.39, 0.29) is 10.5 Å². The molecule has 0 radical (unpaired) electrons. The molecule has 2 aromatic rings. The summed E-state index contributed by atoms with van der Waals surface area (Å²) in [5, 5.41) is 5.59. The van der Waals surface area contributed by atoms with Gasteiger partial charge in [-0.15, -0.1) is 10.5 Å². The lowest BCUT2D eigenvalue weighted by atomic mass is 9.94. The SMILES string of the molecule is Cc1cc(CCN(CCC2CCNCC2)CS2=Cc3ccc(C(F)(F)F)cc32)ccc1C1=NC1. The summed E-state index contributed by atoms with van der Waals surface area (Å²) in [6, 6.07) is 10.8. The molecule has 7 heteroatoms. The number of piperidine rings is 1. The van der Waals surface area contributed by atoms with Crippen LogP contribution in [0.2, 0.25) is 0 Å². The molecule has 1 saturated heterocycles. The molecule has 0 spiro atoms. The maximum atomic E-state index is 13.2. The molecule has 0 saturated carbocycles. The largest absolute Gasteiger partial charge is 0.416 e. The lowest BCUT2D eigenvalue weighted by Crippen LogP contribution is -2.33. The summed E-state index contributed by atoms with van der Waals surface area (Å²) in [7, 11) is -0.244. The van der Waals surface area contributed by atoms with Gasteiger partial charge in [-0.2, -0.15) is 13.2 Å². The number of rotatable bonds is 9. The Morgan fingerprint density at radius 3 is 2.59 bits per heavy atom. The minimum absolute atomic E-state index is 0.244. The summed E-state index contributed by atoms with van der Waals surface area (Å²) in [5.74, 6) is 1.55. The van der Waals surface area contributed by atoms with Crippen molar-refractivity contribution in [3.63, 3.8) is 0 Å². The predicted molar refractivity (Wildman–Crippen MR) is 135 cm³/mol. The van der Waals surface area contributed by atoms with Crippen LogP contribution in [0, 0.1) is 12.8 Å². The van der Waals surface area contributed by atoms with Crippen LogP contribution in [-0.2, 0) is 12.6 Å². The quantitative estimate of drug-likeness (QED) is 0.473. The van der Waals surface area contributed by atoms with Gasteiger partial charge in [0.1, 0.15) is 0 Å². The van der Waals surface area contributed by atoms with E-state index in [0.29, 0.717) is 0 Å². The van der Waals surface area contributed by atoms with Gasteiger partial charge in [0.05, 0.1) is 17.8 Å². The van der Waals surface area contributed by atoms with Crippen LogP contribution in [-0.4, -0.2) is 54.6 Å². The number of halogens is 3. The van der Waals surface area contributed by atoms with E-state index in [2.05, 4.69) is 45.7 Å². The van der Waals surface area contributed by atoms with Crippen LogP contribution in [0.4, 0.5) is 13.2 Å². The number of hydrogen-bond donors (Lipinski definition) is 1. The first kappa shape index (κ1) is 23.8. The highest BCUT2D eigenvalue weighted by Gasteiger charge is 2.32. The second-order valence-corrected chi connectivity index (χ2v) is 11.5. The van der Waals surface area contributed by atoms with Gasteiger partial charge in [-0.05, 0) is 92.3 Å². The standard InChI is InChI=1S/C27H32F3N3S/c1-19-14-21(2-5-24(19)25-16-32-25)9-13-33(12-8-20-6-10-31-11-7-20)18-34-17-22-3-4-23(15-26(22)34)27(28,29)30/h2-5,14-15,17,20,31H,6-13,16,18H2,1H3. The summed E-state index contributed by atoms with van der Waals surface area (Å²) >= 11 is 0. The molecule has 2 aromatic carbocycles. The fraction of sp³-hybridized carbons (Fsp3) is 0.481. The number of fused-ring (bicyclic) bond motifs is 1. The summed E-state index contributed by atoms with van der Waals surface area (Å²) in [5.41, 5.74) is 5.48. The smallest absolute Gasteiger partial charge is 0.317 e. The van der Waals surface area contributed by atoms with E-state index in [1.165, 1.54) is 47.4 Å². The Kier molecular flexibility index (Phi) is 6.96. The number of aliphatic imine (C=N–C) groups is 1. The third kappa shape index (κ3) is 5.64. The minimum atomic E-state index is -4.29. The second kappa shape index (κ2) is 9.96. The zero-order valence-corrected chi connectivity index (χ0v) is 20.4. The average Bonchev–Trinajstić information content (AvgIpc) is 3.64. The van der Waals surface area contributed by atoms with E-state index in [1.807, 2.05) is 0 Å². The number of nitrogens with zero attached hydrogens (tertiary/aromatic N) is 2. The summed E-state index contributed by atoms with van der Waals surface area (Å²) < 4.78 is 39.7. The van der Waals surface area contributed by atoms with Crippen LogP contribution in [0.5, 0.6) is 0 Å². The van der Waals surface area contributed by atoms with Crippen molar-refractivity contribution in [2.45, 2.75) is 43.7 Å². The average molecular weight is 488 g/mol. The molecule has 1 unspecified atom stereocenters. The summed E-state index contributed by atoms with van der Waals surface area (Å²) in [6.07, 6.45) is 0.255. The molecule has 1 atom stereocenters. The number of aryl methyl sites for hydroxylation is 1. The molecule has 0 aliphatic carbocycles. The highest BCUT2D eigenvalue weighted by molar-refractivity contribution is 8.16. The van der Waals surface area contributed by atoms with E-state index in [0.717, 1.165) is 67.8 Å². The topological polar surface area (TPSA) is 27.6 Å². The van der Waals surface area contributed by atoms with Gasteiger partial charge in [-0.3, -0.25) is 9.89 Å². The van der Waals surface area contributed by atoms with Crippen molar-refractivity contribution in [1.82, 2.24) is 10.2 Å². The maximum absolute atomic E-state index is 13.2. The van der Waals surface area contributed by atoms with Crippen molar-refractivity contribution >= 4 is 21.6 Å². The molecule has 0 bridgehead atoms. The van der Waals surface area contributed by atoms with Gasteiger partial charge in [-0.25, -0.2) is 0 Å². The number of hydrogen-bond acceptors (Lipinski definition) is 3. The van der Waals surface area contributed by atoms with Crippen LogP contribution >= 0.6 is 10.5 Å². The highest BCUT2D eigenvalue weighted by Crippen LogP contribution is 2.42. The fourth-order valence-electron chi connectivity index (χ4n) is 4.98. The predicted octanol–water partition coefficient (Wildman–Crippen LogP) is 5.50. The van der Waals surface area contributed by atoms with Gasteiger partial charge in [0.2, 0.25) is 0 Å². The van der Waals surface area contributed by atoms with E-state index >= 15 is 0 Å². The molecule has 1 N–H and O–H groups in total. The van der Waals surface area contributed by atoms with Crippen molar-refractivity contribution in [2.24, 2.45) is 10.9 Å². The van der Waals surface area contributed by atoms with Gasteiger partial charge >= 0.3 is 6.18 Å². The molecule has 5 rings (SSSR count). The molecular weight excluding hydrogens is 455 g/mol. The van der Waals surface area contributed by atoms with E-state index in [9.17, 15) is 13.2 Å². The van der Waals surface area contributed by atoms with Crippen LogP contribution in [0.1, 0.15) is 47.1 Å². The Hall–Kier alpha value is -1.96. The monoisotopic (exact) mass is 487 g/mol. The molecule has 3 aliphatic rings. The summed E-state index contributed by atoms with van der Waals surface area (Å²) in [4.78, 5) is 7.68. The van der Waals surface area contributed by atoms with Crippen molar-refractivity contribution in [1.29, 1.82) is 0 Å².